The molecule has 0 aliphatic carbocycles. The summed E-state index contributed by atoms with van der Waals surface area (Å²) in [5.74, 6) is 0.148. The van der Waals surface area contributed by atoms with E-state index in [1.807, 2.05) is 35.2 Å². The molecule has 98 valence electrons. The van der Waals surface area contributed by atoms with Crippen LogP contribution in [0, 0.1) is 0 Å². The van der Waals surface area contributed by atoms with Crippen LogP contribution in [0.25, 0.3) is 10.8 Å². The normalized spacial score (nSPS) is 19.6. The van der Waals surface area contributed by atoms with Crippen molar-refractivity contribution < 1.29 is 4.79 Å². The Hall–Kier alpha value is -1.35. The van der Waals surface area contributed by atoms with Gasteiger partial charge in [0.05, 0.1) is 0 Å². The monoisotopic (exact) mass is 317 g/mol. The highest BCUT2D eigenvalue weighted by atomic mass is 79.9. The summed E-state index contributed by atoms with van der Waals surface area (Å²) in [5.41, 5.74) is 0.792. The molecule has 1 atom stereocenters. The van der Waals surface area contributed by atoms with Gasteiger partial charge in [0.15, 0.2) is 0 Å². The van der Waals surface area contributed by atoms with Crippen LogP contribution in [-0.2, 0) is 0 Å². The number of piperidine rings is 1. The van der Waals surface area contributed by atoms with Crippen LogP contribution in [0.4, 0.5) is 0 Å². The molecule has 1 heterocycles. The molecule has 2 aromatic rings. The minimum Gasteiger partial charge on any atom is -0.338 e. The molecule has 0 aromatic heterocycles. The van der Waals surface area contributed by atoms with Crippen LogP contribution in [0.1, 0.15) is 23.2 Å². The van der Waals surface area contributed by atoms with Gasteiger partial charge in [0.25, 0.3) is 5.91 Å². The summed E-state index contributed by atoms with van der Waals surface area (Å²) in [6.45, 7) is 1.68. The number of amides is 1. The predicted molar refractivity (Wildman–Crippen MR) is 81.8 cm³/mol. The first-order valence-corrected chi connectivity index (χ1v) is 7.58. The molecule has 1 fully saturated rings. The van der Waals surface area contributed by atoms with Gasteiger partial charge in [0.1, 0.15) is 0 Å². The Morgan fingerprint density at radius 1 is 1.16 bits per heavy atom. The number of benzene rings is 2. The SMILES string of the molecule is O=C(c1ccc2ccccc2c1)N1CCCC(Br)C1. The smallest absolute Gasteiger partial charge is 0.253 e. The first kappa shape index (κ1) is 12.7. The topological polar surface area (TPSA) is 20.3 Å². The maximum atomic E-state index is 12.5. The van der Waals surface area contributed by atoms with E-state index in [9.17, 15) is 4.79 Å². The molecule has 1 amide bonds. The van der Waals surface area contributed by atoms with Crippen molar-refractivity contribution in [1.29, 1.82) is 0 Å². The summed E-state index contributed by atoms with van der Waals surface area (Å²) in [5, 5.41) is 2.30. The van der Waals surface area contributed by atoms with E-state index < -0.39 is 0 Å². The molecule has 19 heavy (non-hydrogen) atoms. The van der Waals surface area contributed by atoms with Gasteiger partial charge in [0, 0.05) is 23.5 Å². The molecular weight excluding hydrogens is 302 g/mol. The lowest BCUT2D eigenvalue weighted by Gasteiger charge is -2.30. The van der Waals surface area contributed by atoms with Gasteiger partial charge < -0.3 is 4.90 Å². The van der Waals surface area contributed by atoms with Crippen molar-refractivity contribution in [2.75, 3.05) is 13.1 Å². The molecule has 3 rings (SSSR count). The maximum absolute atomic E-state index is 12.5. The Bertz CT molecular complexity index is 610. The standard InChI is InChI=1S/C16H16BrNO/c17-15-6-3-9-18(11-15)16(19)14-8-7-12-4-1-2-5-13(12)10-14/h1-2,4-5,7-8,10,15H,3,6,9,11H2. The van der Waals surface area contributed by atoms with Crippen molar-refractivity contribution in [2.45, 2.75) is 17.7 Å². The molecule has 1 aliphatic rings. The van der Waals surface area contributed by atoms with Crippen LogP contribution in [0.2, 0.25) is 0 Å². The van der Waals surface area contributed by atoms with Gasteiger partial charge in [-0.1, -0.05) is 46.3 Å². The van der Waals surface area contributed by atoms with E-state index in [0.717, 1.165) is 36.9 Å². The second kappa shape index (κ2) is 5.33. The van der Waals surface area contributed by atoms with Crippen molar-refractivity contribution >= 4 is 32.6 Å². The Balaban J connectivity index is 1.88. The molecule has 0 N–H and O–H groups in total. The highest BCUT2D eigenvalue weighted by molar-refractivity contribution is 9.09. The van der Waals surface area contributed by atoms with E-state index in [1.54, 1.807) is 0 Å². The maximum Gasteiger partial charge on any atom is 0.253 e. The third-order valence-electron chi connectivity index (χ3n) is 3.65. The fourth-order valence-corrected chi connectivity index (χ4v) is 3.29. The van der Waals surface area contributed by atoms with Crippen LogP contribution >= 0.6 is 15.9 Å². The third-order valence-corrected chi connectivity index (χ3v) is 4.39. The number of fused-ring (bicyclic) bond motifs is 1. The van der Waals surface area contributed by atoms with Crippen molar-refractivity contribution in [1.82, 2.24) is 4.90 Å². The quantitative estimate of drug-likeness (QED) is 0.732. The van der Waals surface area contributed by atoms with E-state index >= 15 is 0 Å². The number of hydrogen-bond acceptors (Lipinski definition) is 1. The molecule has 3 heteroatoms. The van der Waals surface area contributed by atoms with Gasteiger partial charge in [-0.2, -0.15) is 0 Å². The third kappa shape index (κ3) is 2.66. The molecule has 1 unspecified atom stereocenters. The van der Waals surface area contributed by atoms with Crippen molar-refractivity contribution in [3.63, 3.8) is 0 Å². The summed E-state index contributed by atoms with van der Waals surface area (Å²) >= 11 is 3.62. The van der Waals surface area contributed by atoms with Gasteiger partial charge in [-0.25, -0.2) is 0 Å². The molecule has 0 radical (unpaired) electrons. The van der Waals surface area contributed by atoms with Crippen molar-refractivity contribution in [2.24, 2.45) is 0 Å². The summed E-state index contributed by atoms with van der Waals surface area (Å²) in [6.07, 6.45) is 2.23. The molecule has 2 aromatic carbocycles. The van der Waals surface area contributed by atoms with Gasteiger partial charge >= 0.3 is 0 Å². The lowest BCUT2D eigenvalue weighted by molar-refractivity contribution is 0.0730. The second-order valence-electron chi connectivity index (χ2n) is 5.05. The van der Waals surface area contributed by atoms with Gasteiger partial charge in [-0.3, -0.25) is 4.79 Å². The van der Waals surface area contributed by atoms with Crippen molar-refractivity contribution in [3.05, 3.63) is 48.0 Å². The number of rotatable bonds is 1. The van der Waals surface area contributed by atoms with E-state index in [-0.39, 0.29) is 5.91 Å². The zero-order valence-electron chi connectivity index (χ0n) is 10.7. The minimum absolute atomic E-state index is 0.148. The Labute approximate surface area is 121 Å². The van der Waals surface area contributed by atoms with E-state index in [1.165, 1.54) is 5.39 Å². The summed E-state index contributed by atoms with van der Waals surface area (Å²) < 4.78 is 0. The van der Waals surface area contributed by atoms with Gasteiger partial charge in [-0.15, -0.1) is 0 Å². The number of hydrogen-bond donors (Lipinski definition) is 0. The van der Waals surface area contributed by atoms with E-state index in [2.05, 4.69) is 28.1 Å². The molecule has 1 aliphatic heterocycles. The molecule has 0 bridgehead atoms. The first-order valence-electron chi connectivity index (χ1n) is 6.66. The largest absolute Gasteiger partial charge is 0.338 e. The predicted octanol–water partition coefficient (Wildman–Crippen LogP) is 3.84. The average molecular weight is 318 g/mol. The minimum atomic E-state index is 0.148. The highest BCUT2D eigenvalue weighted by Gasteiger charge is 2.22. The van der Waals surface area contributed by atoms with Crippen LogP contribution in [0.3, 0.4) is 0 Å². The van der Waals surface area contributed by atoms with E-state index in [0.29, 0.717) is 4.83 Å². The summed E-state index contributed by atoms with van der Waals surface area (Å²) in [6, 6.07) is 14.1. The van der Waals surface area contributed by atoms with Crippen molar-refractivity contribution in [3.8, 4) is 0 Å². The Morgan fingerprint density at radius 2 is 1.95 bits per heavy atom. The van der Waals surface area contributed by atoms with Gasteiger partial charge in [-0.05, 0) is 35.7 Å². The summed E-state index contributed by atoms with van der Waals surface area (Å²) in [7, 11) is 0. The van der Waals surface area contributed by atoms with E-state index in [4.69, 9.17) is 0 Å². The number of halogens is 1. The Morgan fingerprint density at radius 3 is 2.74 bits per heavy atom. The molecule has 0 spiro atoms. The zero-order chi connectivity index (χ0) is 13.2. The zero-order valence-corrected chi connectivity index (χ0v) is 12.3. The molecule has 2 nitrogen and oxygen atoms in total. The average Bonchev–Trinajstić information content (AvgIpc) is 2.46. The molecular formula is C16H16BrNO. The van der Waals surface area contributed by atoms with Crippen LogP contribution in [0.15, 0.2) is 42.5 Å². The second-order valence-corrected chi connectivity index (χ2v) is 6.35. The lowest BCUT2D eigenvalue weighted by atomic mass is 10.0. The van der Waals surface area contributed by atoms with Crippen LogP contribution in [-0.4, -0.2) is 28.7 Å². The fourth-order valence-electron chi connectivity index (χ4n) is 2.61. The highest BCUT2D eigenvalue weighted by Crippen LogP contribution is 2.21. The van der Waals surface area contributed by atoms with Crippen LogP contribution < -0.4 is 0 Å². The number of carbonyl (C=O) groups is 1. The number of nitrogens with zero attached hydrogens (tertiary/aromatic N) is 1. The summed E-state index contributed by atoms with van der Waals surface area (Å²) in [4.78, 5) is 14.9. The Kier molecular flexibility index (Phi) is 3.56. The molecule has 1 saturated heterocycles. The van der Waals surface area contributed by atoms with Crippen LogP contribution in [0.5, 0.6) is 0 Å². The first-order chi connectivity index (χ1) is 9.24. The number of carbonyl (C=O) groups excluding carboxylic acids is 1. The van der Waals surface area contributed by atoms with Gasteiger partial charge in [0.2, 0.25) is 0 Å². The fraction of sp³-hybridized carbons (Fsp3) is 0.312. The number of alkyl halides is 1. The number of likely N-dealkylation sites (tertiary alicyclic amines) is 1. The lowest BCUT2D eigenvalue weighted by Crippen LogP contribution is -2.40. The molecule has 0 saturated carbocycles.